The van der Waals surface area contributed by atoms with E-state index in [1.54, 1.807) is 12.1 Å². The molecule has 1 saturated heterocycles. The molecule has 1 aliphatic heterocycles. The Morgan fingerprint density at radius 2 is 1.77 bits per heavy atom. The summed E-state index contributed by atoms with van der Waals surface area (Å²) in [7, 11) is 0. The van der Waals surface area contributed by atoms with Crippen LogP contribution in [0.5, 0.6) is 5.75 Å². The number of carboxylic acid groups (broad SMARTS) is 1. The average molecular weight is 425 g/mol. The molecule has 0 radical (unpaired) electrons. The number of aromatic hydroxyl groups is 1. The highest BCUT2D eigenvalue weighted by Crippen LogP contribution is 2.29. The number of carboxylic acids is 1. The van der Waals surface area contributed by atoms with Gasteiger partial charge in [-0.05, 0) is 47.5 Å². The zero-order valence-corrected chi connectivity index (χ0v) is 16.4. The van der Waals surface area contributed by atoms with Gasteiger partial charge >= 0.3 is 0 Å². The smallest absolute Gasteiger partial charge is 0.247 e. The van der Waals surface area contributed by atoms with Crippen molar-refractivity contribution in [2.24, 2.45) is 10.8 Å². The number of anilines is 1. The lowest BCUT2D eigenvalue weighted by atomic mass is 10.2. The standard InChI is InChI=1S/C20H18N4O5S/c1-11(12-4-8-15(25)9-5-12)22-23-20(21)30-16-10-17(26)24(18(16)27)14-6-2-13(3-7-14)19(28)29/h2-9,16,22,25H,1,10H2,(H2,21,23)(H,28,29)/p-1/t16-/m1/s1. The van der Waals surface area contributed by atoms with E-state index < -0.39 is 23.0 Å². The molecule has 4 N–H and O–H groups in total. The number of phenols is 1. The number of nitrogens with one attached hydrogen (secondary N) is 1. The Morgan fingerprint density at radius 3 is 2.37 bits per heavy atom. The van der Waals surface area contributed by atoms with Crippen molar-refractivity contribution in [3.8, 4) is 5.75 Å². The fourth-order valence-corrected chi connectivity index (χ4v) is 3.56. The number of rotatable bonds is 6. The van der Waals surface area contributed by atoms with Crippen LogP contribution < -0.4 is 21.2 Å². The van der Waals surface area contributed by atoms with Crippen molar-refractivity contribution < 1.29 is 24.6 Å². The van der Waals surface area contributed by atoms with Crippen LogP contribution in [-0.4, -0.2) is 33.3 Å². The summed E-state index contributed by atoms with van der Waals surface area (Å²) in [5, 5.41) is 23.4. The second kappa shape index (κ2) is 8.70. The lowest BCUT2D eigenvalue weighted by molar-refractivity contribution is -0.255. The first kappa shape index (κ1) is 20.9. The molecule has 1 fully saturated rings. The van der Waals surface area contributed by atoms with Crippen molar-refractivity contribution in [1.29, 1.82) is 0 Å². The first-order valence-corrected chi connectivity index (χ1v) is 9.56. The van der Waals surface area contributed by atoms with Gasteiger partial charge in [0, 0.05) is 6.42 Å². The van der Waals surface area contributed by atoms with Crippen LogP contribution in [0.1, 0.15) is 22.3 Å². The van der Waals surface area contributed by atoms with Gasteiger partial charge in [0.15, 0.2) is 5.17 Å². The third-order valence-corrected chi connectivity index (χ3v) is 5.23. The predicted octanol–water partition coefficient (Wildman–Crippen LogP) is 0.611. The van der Waals surface area contributed by atoms with Crippen LogP contribution in [-0.2, 0) is 9.59 Å². The number of aromatic carboxylic acids is 1. The molecule has 0 aliphatic carbocycles. The summed E-state index contributed by atoms with van der Waals surface area (Å²) in [6, 6.07) is 11.6. The number of hydrogen-bond acceptors (Lipinski definition) is 8. The molecule has 9 nitrogen and oxygen atoms in total. The third-order valence-electron chi connectivity index (χ3n) is 4.25. The highest BCUT2D eigenvalue weighted by Gasteiger charge is 2.40. The highest BCUT2D eigenvalue weighted by atomic mass is 32.2. The van der Waals surface area contributed by atoms with E-state index in [1.807, 2.05) is 0 Å². The summed E-state index contributed by atoms with van der Waals surface area (Å²) in [6.45, 7) is 3.82. The Bertz CT molecular complexity index is 1030. The second-order valence-electron chi connectivity index (χ2n) is 6.30. The van der Waals surface area contributed by atoms with Crippen molar-refractivity contribution >= 4 is 46.1 Å². The van der Waals surface area contributed by atoms with E-state index in [0.29, 0.717) is 11.3 Å². The largest absolute Gasteiger partial charge is 0.545 e. The predicted molar refractivity (Wildman–Crippen MR) is 111 cm³/mol. The number of carbonyl (C=O) groups is 3. The van der Waals surface area contributed by atoms with Crippen molar-refractivity contribution in [1.82, 2.24) is 5.43 Å². The molecule has 1 aliphatic rings. The average Bonchev–Trinajstić information content (AvgIpc) is 2.99. The minimum absolute atomic E-state index is 0.0372. The minimum atomic E-state index is -1.35. The number of phenolic OH excluding ortho intramolecular Hbond substituents is 1. The van der Waals surface area contributed by atoms with Crippen molar-refractivity contribution in [3.63, 3.8) is 0 Å². The van der Waals surface area contributed by atoms with E-state index >= 15 is 0 Å². The number of hydrazone groups is 1. The molecule has 1 heterocycles. The molecule has 1 atom stereocenters. The number of imide groups is 1. The summed E-state index contributed by atoms with van der Waals surface area (Å²) < 4.78 is 0. The summed E-state index contributed by atoms with van der Waals surface area (Å²) in [5.41, 5.74) is 9.87. The van der Waals surface area contributed by atoms with Crippen LogP contribution in [0.4, 0.5) is 5.69 Å². The minimum Gasteiger partial charge on any atom is -0.545 e. The molecule has 0 saturated carbocycles. The van der Waals surface area contributed by atoms with Crippen LogP contribution >= 0.6 is 11.8 Å². The molecule has 0 aromatic heterocycles. The third kappa shape index (κ3) is 4.61. The Labute approximate surface area is 175 Å². The van der Waals surface area contributed by atoms with E-state index in [9.17, 15) is 24.6 Å². The number of thioether (sulfide) groups is 1. The number of amidine groups is 1. The lowest BCUT2D eigenvalue weighted by Crippen LogP contribution is -2.32. The van der Waals surface area contributed by atoms with Gasteiger partial charge in [0.2, 0.25) is 11.8 Å². The molecule has 154 valence electrons. The van der Waals surface area contributed by atoms with E-state index in [4.69, 9.17) is 5.73 Å². The van der Waals surface area contributed by atoms with E-state index in [1.165, 1.54) is 36.4 Å². The SMILES string of the molecule is C=C(NN=C(N)S[C@@H]1CC(=O)N(c2ccc(C(=O)[O-])cc2)C1=O)c1ccc(O)cc1. The summed E-state index contributed by atoms with van der Waals surface area (Å²) in [6.07, 6.45) is -0.0686. The molecular weight excluding hydrogens is 408 g/mol. The van der Waals surface area contributed by atoms with Crippen molar-refractivity contribution in [2.75, 3.05) is 4.90 Å². The second-order valence-corrected chi connectivity index (χ2v) is 7.52. The monoisotopic (exact) mass is 425 g/mol. The molecule has 10 heteroatoms. The summed E-state index contributed by atoms with van der Waals surface area (Å²) in [5.74, 6) is -2.12. The first-order valence-electron chi connectivity index (χ1n) is 8.68. The summed E-state index contributed by atoms with van der Waals surface area (Å²) >= 11 is 0.933. The molecule has 2 amide bonds. The zero-order valence-electron chi connectivity index (χ0n) is 15.6. The van der Waals surface area contributed by atoms with Crippen LogP contribution in [0.2, 0.25) is 0 Å². The van der Waals surface area contributed by atoms with Gasteiger partial charge in [-0.1, -0.05) is 30.5 Å². The van der Waals surface area contributed by atoms with E-state index in [0.717, 1.165) is 16.7 Å². The van der Waals surface area contributed by atoms with Gasteiger partial charge in [0.05, 0.1) is 17.4 Å². The fourth-order valence-electron chi connectivity index (χ4n) is 2.74. The molecular formula is C20H17N4O5S-. The Kier molecular flexibility index (Phi) is 6.07. The van der Waals surface area contributed by atoms with Gasteiger partial charge in [-0.2, -0.15) is 5.10 Å². The van der Waals surface area contributed by atoms with Crippen LogP contribution in [0.3, 0.4) is 0 Å². The quantitative estimate of drug-likeness (QED) is 0.264. The van der Waals surface area contributed by atoms with Gasteiger partial charge in [-0.25, -0.2) is 4.90 Å². The number of carbonyl (C=O) groups excluding carboxylic acids is 3. The number of hydrogen-bond donors (Lipinski definition) is 3. The fraction of sp³-hybridized carbons (Fsp3) is 0.100. The van der Waals surface area contributed by atoms with Gasteiger partial charge in [-0.15, -0.1) is 0 Å². The number of benzene rings is 2. The molecule has 2 aromatic carbocycles. The van der Waals surface area contributed by atoms with Gasteiger partial charge in [-0.3, -0.25) is 15.0 Å². The summed E-state index contributed by atoms with van der Waals surface area (Å²) in [4.78, 5) is 36.8. The topological polar surface area (TPSA) is 148 Å². The first-order chi connectivity index (χ1) is 14.3. The van der Waals surface area contributed by atoms with Crippen molar-refractivity contribution in [3.05, 3.63) is 66.2 Å². The number of nitrogens with two attached hydrogens (primary N) is 1. The normalized spacial score (nSPS) is 16.6. The molecule has 30 heavy (non-hydrogen) atoms. The maximum Gasteiger partial charge on any atom is 0.247 e. The van der Waals surface area contributed by atoms with E-state index in [-0.39, 0.29) is 28.6 Å². The molecule has 0 bridgehead atoms. The molecule has 0 unspecified atom stereocenters. The van der Waals surface area contributed by atoms with Gasteiger partial charge < -0.3 is 20.7 Å². The highest BCUT2D eigenvalue weighted by molar-refractivity contribution is 8.14. The van der Waals surface area contributed by atoms with Crippen LogP contribution in [0.15, 0.2) is 60.2 Å². The Morgan fingerprint density at radius 1 is 1.17 bits per heavy atom. The van der Waals surface area contributed by atoms with Crippen molar-refractivity contribution in [2.45, 2.75) is 11.7 Å². The maximum absolute atomic E-state index is 12.6. The number of amides is 2. The van der Waals surface area contributed by atoms with Gasteiger partial charge in [0.25, 0.3) is 0 Å². The maximum atomic E-state index is 12.6. The number of nitrogens with zero attached hydrogens (tertiary/aromatic N) is 2. The van der Waals surface area contributed by atoms with Crippen LogP contribution in [0, 0.1) is 0 Å². The molecule has 2 aromatic rings. The Hall–Kier alpha value is -3.79. The van der Waals surface area contributed by atoms with Gasteiger partial charge in [0.1, 0.15) is 11.0 Å². The molecule has 3 rings (SSSR count). The van der Waals surface area contributed by atoms with E-state index in [2.05, 4.69) is 17.1 Å². The Balaban J connectivity index is 1.63. The van der Waals surface area contributed by atoms with Crippen LogP contribution in [0.25, 0.3) is 5.70 Å². The lowest BCUT2D eigenvalue weighted by Gasteiger charge is -2.15. The zero-order chi connectivity index (χ0) is 21.8. The molecule has 0 spiro atoms.